The fourth-order valence-electron chi connectivity index (χ4n) is 4.60. The van der Waals surface area contributed by atoms with Crippen molar-refractivity contribution in [2.75, 3.05) is 19.8 Å². The van der Waals surface area contributed by atoms with Gasteiger partial charge in [0.05, 0.1) is 19.8 Å². The molecule has 1 N–H and O–H groups in total. The number of aliphatic carboxylic acids is 1. The van der Waals surface area contributed by atoms with Crippen molar-refractivity contribution < 1.29 is 33.0 Å². The van der Waals surface area contributed by atoms with Gasteiger partial charge >= 0.3 is 13.6 Å². The molecule has 0 spiro atoms. The molecule has 2 aliphatic carbocycles. The Kier molecular flexibility index (Phi) is 18.9. The first-order valence-electron chi connectivity index (χ1n) is 13.3. The van der Waals surface area contributed by atoms with Gasteiger partial charge in [0.2, 0.25) is 0 Å². The van der Waals surface area contributed by atoms with Crippen LogP contribution >= 0.6 is 7.60 Å². The molecule has 0 saturated heterocycles. The highest BCUT2D eigenvalue weighted by atomic mass is 31.2. The van der Waals surface area contributed by atoms with Crippen molar-refractivity contribution in [3.63, 3.8) is 0 Å². The van der Waals surface area contributed by atoms with Crippen LogP contribution in [-0.2, 0) is 27.9 Å². The van der Waals surface area contributed by atoms with Crippen molar-refractivity contribution >= 4 is 20.0 Å². The number of unbranched alkanes of at least 4 members (excludes halogenated alkanes) is 2. The Morgan fingerprint density at radius 1 is 1.17 bits per heavy atom. The van der Waals surface area contributed by atoms with Gasteiger partial charge < -0.3 is 18.9 Å². The number of allylic oxidation sites excluding steroid dienone is 4. The maximum atomic E-state index is 12.0. The summed E-state index contributed by atoms with van der Waals surface area (Å²) in [7, 11) is -3.49. The third kappa shape index (κ3) is 12.4. The Balaban J connectivity index is 0.000000515. The molecule has 204 valence electrons. The molecule has 0 bridgehead atoms. The molecule has 0 saturated carbocycles. The van der Waals surface area contributed by atoms with E-state index >= 15 is 0 Å². The number of carboxylic acids is 1. The van der Waals surface area contributed by atoms with Gasteiger partial charge in [0, 0.05) is 0 Å². The van der Waals surface area contributed by atoms with E-state index in [9.17, 15) is 14.2 Å². The minimum absolute atomic E-state index is 0.182. The van der Waals surface area contributed by atoms with Crippen LogP contribution in [0.5, 0.6) is 0 Å². The molecule has 0 heterocycles. The number of carbonyl (C=O) groups is 2. The van der Waals surface area contributed by atoms with Gasteiger partial charge in [0.15, 0.2) is 5.66 Å². The molecule has 0 aromatic carbocycles. The number of hydrogen-bond acceptors (Lipinski definition) is 6. The SMILES string of the molecule is CCC1C(C)C=CC2=CCCCC21.CCCCCOC=O.CCOP(=O)(OCC)C(CC)C(=O)O. The predicted molar refractivity (Wildman–Crippen MR) is 142 cm³/mol. The minimum Gasteiger partial charge on any atom is -0.481 e. The van der Waals surface area contributed by atoms with Crippen molar-refractivity contribution in [1.82, 2.24) is 0 Å². The first-order chi connectivity index (χ1) is 16.8. The van der Waals surface area contributed by atoms with Gasteiger partial charge in [-0.3, -0.25) is 14.2 Å². The molecule has 4 atom stereocenters. The Morgan fingerprint density at radius 2 is 1.83 bits per heavy atom. The molecule has 2 aliphatic rings. The Labute approximate surface area is 213 Å². The van der Waals surface area contributed by atoms with Gasteiger partial charge in [-0.15, -0.1) is 0 Å². The number of hydrogen-bond donors (Lipinski definition) is 1. The Bertz CT molecular complexity index is 679. The van der Waals surface area contributed by atoms with Crippen LogP contribution in [0.15, 0.2) is 23.8 Å². The monoisotopic (exact) mass is 516 g/mol. The van der Waals surface area contributed by atoms with E-state index in [0.717, 1.165) is 30.6 Å². The van der Waals surface area contributed by atoms with Crippen LogP contribution in [0.2, 0.25) is 0 Å². The van der Waals surface area contributed by atoms with Crippen molar-refractivity contribution in [2.24, 2.45) is 17.8 Å². The Morgan fingerprint density at radius 3 is 2.31 bits per heavy atom. The fraction of sp³-hybridized carbons (Fsp3) is 0.778. The molecule has 4 unspecified atom stereocenters. The standard InChI is InChI=1S/C13H20.C8H17O5P.C6H12O2/c1-3-12-10(2)8-9-11-6-4-5-7-13(11)12;1-4-7(8(9)10)14(11,12-5-2)13-6-3;1-2-3-4-5-8-6-7/h6,8-10,12-13H,3-5,7H2,1-2H3;7H,4-6H2,1-3H3,(H,9,10);6H,2-5H2,1H3. The lowest BCUT2D eigenvalue weighted by Crippen LogP contribution is -2.26. The van der Waals surface area contributed by atoms with Crippen LogP contribution in [0.3, 0.4) is 0 Å². The lowest BCUT2D eigenvalue weighted by atomic mass is 9.69. The third-order valence-electron chi connectivity index (χ3n) is 6.39. The van der Waals surface area contributed by atoms with E-state index in [-0.39, 0.29) is 19.6 Å². The van der Waals surface area contributed by atoms with E-state index in [1.807, 2.05) is 0 Å². The number of rotatable bonds is 13. The smallest absolute Gasteiger partial charge is 0.344 e. The third-order valence-corrected chi connectivity index (χ3v) is 8.97. The second-order valence-electron chi connectivity index (χ2n) is 8.84. The number of fused-ring (bicyclic) bond motifs is 1. The second kappa shape index (κ2) is 19.7. The predicted octanol–water partition coefficient (Wildman–Crippen LogP) is 7.41. The number of ether oxygens (including phenoxy) is 1. The summed E-state index contributed by atoms with van der Waals surface area (Å²) in [6.45, 7) is 13.2. The van der Waals surface area contributed by atoms with Gasteiger partial charge in [0.25, 0.3) is 6.47 Å². The van der Waals surface area contributed by atoms with Crippen molar-refractivity contribution in [3.8, 4) is 0 Å². The summed E-state index contributed by atoms with van der Waals surface area (Å²) < 4.78 is 26.3. The zero-order valence-electron chi connectivity index (χ0n) is 22.7. The number of carboxylic acid groups (broad SMARTS) is 1. The van der Waals surface area contributed by atoms with Gasteiger partial charge in [-0.2, -0.15) is 0 Å². The molecule has 35 heavy (non-hydrogen) atoms. The summed E-state index contributed by atoms with van der Waals surface area (Å²) in [6.07, 6.45) is 16.3. The quantitative estimate of drug-likeness (QED) is 0.155. The normalized spacial score (nSPS) is 21.8. The van der Waals surface area contributed by atoms with Crippen LogP contribution in [0.4, 0.5) is 0 Å². The summed E-state index contributed by atoms with van der Waals surface area (Å²) in [5.74, 6) is 1.46. The molecule has 7 nitrogen and oxygen atoms in total. The Hall–Kier alpha value is -1.43. The summed E-state index contributed by atoms with van der Waals surface area (Å²) in [4.78, 5) is 20.3. The summed E-state index contributed by atoms with van der Waals surface area (Å²) in [5, 5.41) is 8.83. The molecule has 0 fully saturated rings. The van der Waals surface area contributed by atoms with Gasteiger partial charge in [-0.05, 0) is 69.3 Å². The first kappa shape index (κ1) is 33.6. The lowest BCUT2D eigenvalue weighted by Gasteiger charge is -2.36. The van der Waals surface area contributed by atoms with Gasteiger partial charge in [0.1, 0.15) is 0 Å². The van der Waals surface area contributed by atoms with Crippen LogP contribution in [0.1, 0.15) is 92.9 Å². The van der Waals surface area contributed by atoms with Crippen molar-refractivity contribution in [2.45, 2.75) is 98.6 Å². The summed E-state index contributed by atoms with van der Waals surface area (Å²) in [5.41, 5.74) is 0.568. The molecular formula is C27H49O7P. The van der Waals surface area contributed by atoms with Crippen molar-refractivity contribution in [3.05, 3.63) is 23.8 Å². The molecule has 0 radical (unpaired) electrons. The zero-order chi connectivity index (χ0) is 26.7. The highest BCUT2D eigenvalue weighted by molar-refractivity contribution is 7.55. The van der Waals surface area contributed by atoms with E-state index in [2.05, 4.69) is 43.7 Å². The number of carbonyl (C=O) groups excluding carboxylic acids is 1. The second-order valence-corrected chi connectivity index (χ2v) is 11.1. The van der Waals surface area contributed by atoms with Crippen LogP contribution in [-0.4, -0.2) is 43.0 Å². The van der Waals surface area contributed by atoms with Crippen LogP contribution < -0.4 is 0 Å². The zero-order valence-corrected chi connectivity index (χ0v) is 23.6. The maximum Gasteiger partial charge on any atom is 0.344 e. The van der Waals surface area contributed by atoms with Crippen LogP contribution in [0.25, 0.3) is 0 Å². The summed E-state index contributed by atoms with van der Waals surface area (Å²) in [6, 6.07) is 0. The first-order valence-corrected chi connectivity index (χ1v) is 14.9. The molecule has 0 amide bonds. The molecule has 0 aromatic rings. The molecule has 0 aliphatic heterocycles. The van der Waals surface area contributed by atoms with E-state index in [1.54, 1.807) is 26.3 Å². The average Bonchev–Trinajstić information content (AvgIpc) is 2.83. The van der Waals surface area contributed by atoms with E-state index in [4.69, 9.17) is 14.2 Å². The van der Waals surface area contributed by atoms with Gasteiger partial charge in [-0.25, -0.2) is 0 Å². The lowest BCUT2D eigenvalue weighted by molar-refractivity contribution is -0.137. The molecule has 8 heteroatoms. The van der Waals surface area contributed by atoms with Crippen LogP contribution in [0, 0.1) is 17.8 Å². The highest BCUT2D eigenvalue weighted by Gasteiger charge is 2.39. The van der Waals surface area contributed by atoms with E-state index < -0.39 is 19.2 Å². The topological polar surface area (TPSA) is 99.1 Å². The average molecular weight is 517 g/mol. The van der Waals surface area contributed by atoms with E-state index in [0.29, 0.717) is 13.1 Å². The fourth-order valence-corrected chi connectivity index (χ4v) is 6.47. The molecule has 2 rings (SSSR count). The highest BCUT2D eigenvalue weighted by Crippen LogP contribution is 2.54. The maximum absolute atomic E-state index is 12.0. The van der Waals surface area contributed by atoms with Crippen molar-refractivity contribution in [1.29, 1.82) is 0 Å². The summed E-state index contributed by atoms with van der Waals surface area (Å²) >= 11 is 0. The van der Waals surface area contributed by atoms with Gasteiger partial charge in [-0.1, -0.05) is 65.2 Å². The minimum atomic E-state index is -3.49. The molecule has 0 aromatic heterocycles. The largest absolute Gasteiger partial charge is 0.481 e. The van der Waals surface area contributed by atoms with E-state index in [1.165, 1.54) is 32.1 Å². The molecular weight excluding hydrogens is 467 g/mol.